The standard InChI is InChI=1S/C13H23N/c1-6-13-9-12(10(2)3)8-7-11(4)14(13)5/h1,10-13H,7-9H2,2-5H3/t11-,12?,13+/m1/s1. The van der Waals surface area contributed by atoms with Gasteiger partial charge in [0.1, 0.15) is 0 Å². The van der Waals surface area contributed by atoms with E-state index in [2.05, 4.69) is 38.6 Å². The molecule has 0 aliphatic carbocycles. The molecule has 1 heterocycles. The van der Waals surface area contributed by atoms with Gasteiger partial charge in [-0.05, 0) is 45.1 Å². The van der Waals surface area contributed by atoms with E-state index >= 15 is 0 Å². The van der Waals surface area contributed by atoms with E-state index < -0.39 is 0 Å². The van der Waals surface area contributed by atoms with Crippen LogP contribution in [0.25, 0.3) is 0 Å². The topological polar surface area (TPSA) is 3.24 Å². The second kappa shape index (κ2) is 4.84. The molecule has 0 radical (unpaired) electrons. The molecule has 1 heteroatoms. The number of rotatable bonds is 1. The van der Waals surface area contributed by atoms with Gasteiger partial charge in [-0.3, -0.25) is 4.90 Å². The van der Waals surface area contributed by atoms with Crippen molar-refractivity contribution in [1.82, 2.24) is 4.90 Å². The summed E-state index contributed by atoms with van der Waals surface area (Å²) >= 11 is 0. The molecule has 0 aromatic rings. The summed E-state index contributed by atoms with van der Waals surface area (Å²) in [4.78, 5) is 2.36. The molecule has 0 aromatic heterocycles. The first-order valence-electron chi connectivity index (χ1n) is 5.74. The van der Waals surface area contributed by atoms with Gasteiger partial charge in [0.15, 0.2) is 0 Å². The van der Waals surface area contributed by atoms with E-state index in [4.69, 9.17) is 6.42 Å². The Labute approximate surface area is 88.9 Å². The van der Waals surface area contributed by atoms with Crippen molar-refractivity contribution in [3.05, 3.63) is 0 Å². The third-order valence-corrected chi connectivity index (χ3v) is 3.80. The van der Waals surface area contributed by atoms with Gasteiger partial charge >= 0.3 is 0 Å². The Morgan fingerprint density at radius 3 is 2.50 bits per heavy atom. The van der Waals surface area contributed by atoms with Crippen molar-refractivity contribution in [2.45, 2.75) is 52.1 Å². The van der Waals surface area contributed by atoms with Crippen molar-refractivity contribution in [3.63, 3.8) is 0 Å². The zero-order valence-electron chi connectivity index (χ0n) is 9.96. The van der Waals surface area contributed by atoms with E-state index in [-0.39, 0.29) is 0 Å². The van der Waals surface area contributed by atoms with Crippen LogP contribution in [0.5, 0.6) is 0 Å². The summed E-state index contributed by atoms with van der Waals surface area (Å²) in [6.45, 7) is 6.91. The lowest BCUT2D eigenvalue weighted by Gasteiger charge is -2.27. The molecule has 0 N–H and O–H groups in total. The van der Waals surface area contributed by atoms with Gasteiger partial charge in [0.25, 0.3) is 0 Å². The highest BCUT2D eigenvalue weighted by molar-refractivity contribution is 5.02. The number of terminal acetylenes is 1. The number of nitrogens with zero attached hydrogens (tertiary/aromatic N) is 1. The maximum absolute atomic E-state index is 5.60. The molecular weight excluding hydrogens is 170 g/mol. The van der Waals surface area contributed by atoms with Crippen molar-refractivity contribution in [1.29, 1.82) is 0 Å². The first kappa shape index (κ1) is 11.6. The SMILES string of the molecule is C#C[C@H]1CC(C(C)C)CC[C@@H](C)N1C. The first-order valence-corrected chi connectivity index (χ1v) is 5.74. The zero-order chi connectivity index (χ0) is 10.7. The summed E-state index contributed by atoms with van der Waals surface area (Å²) in [6, 6.07) is 0.986. The minimum atomic E-state index is 0.347. The van der Waals surface area contributed by atoms with Crippen molar-refractivity contribution in [2.24, 2.45) is 11.8 Å². The van der Waals surface area contributed by atoms with Crippen LogP contribution in [0, 0.1) is 24.2 Å². The minimum Gasteiger partial charge on any atom is -0.290 e. The lowest BCUT2D eigenvalue weighted by atomic mass is 9.86. The molecule has 1 nitrogen and oxygen atoms in total. The van der Waals surface area contributed by atoms with Crippen LogP contribution in [0.15, 0.2) is 0 Å². The van der Waals surface area contributed by atoms with Gasteiger partial charge in [-0.25, -0.2) is 0 Å². The highest BCUT2D eigenvalue weighted by Gasteiger charge is 2.27. The largest absolute Gasteiger partial charge is 0.290 e. The van der Waals surface area contributed by atoms with Gasteiger partial charge in [0.05, 0.1) is 6.04 Å². The molecule has 3 atom stereocenters. The molecule has 1 fully saturated rings. The fourth-order valence-electron chi connectivity index (χ4n) is 2.33. The minimum absolute atomic E-state index is 0.347. The second-order valence-corrected chi connectivity index (χ2v) is 5.01. The van der Waals surface area contributed by atoms with Gasteiger partial charge in [0, 0.05) is 6.04 Å². The van der Waals surface area contributed by atoms with Gasteiger partial charge in [-0.15, -0.1) is 6.42 Å². The number of likely N-dealkylation sites (tertiary alicyclic amines) is 1. The van der Waals surface area contributed by atoms with Gasteiger partial charge in [-0.2, -0.15) is 0 Å². The Hall–Kier alpha value is -0.480. The molecule has 0 spiro atoms. The molecule has 1 unspecified atom stereocenters. The molecule has 1 rings (SSSR count). The Kier molecular flexibility index (Phi) is 4.01. The normalized spacial score (nSPS) is 35.3. The number of hydrogen-bond donors (Lipinski definition) is 0. The number of hydrogen-bond acceptors (Lipinski definition) is 1. The Bertz CT molecular complexity index is 214. The third kappa shape index (κ3) is 2.51. The molecule has 1 saturated heterocycles. The van der Waals surface area contributed by atoms with E-state index in [1.165, 1.54) is 19.3 Å². The van der Waals surface area contributed by atoms with Crippen LogP contribution in [-0.4, -0.2) is 24.0 Å². The highest BCUT2D eigenvalue weighted by Crippen LogP contribution is 2.29. The summed E-state index contributed by atoms with van der Waals surface area (Å²) in [6.07, 6.45) is 9.40. The first-order chi connectivity index (χ1) is 6.56. The quantitative estimate of drug-likeness (QED) is 0.579. The van der Waals surface area contributed by atoms with Crippen molar-refractivity contribution in [3.8, 4) is 12.3 Å². The molecule has 0 aromatic carbocycles. The summed E-state index contributed by atoms with van der Waals surface area (Å²) in [7, 11) is 2.16. The van der Waals surface area contributed by atoms with E-state index in [1.54, 1.807) is 0 Å². The molecule has 0 saturated carbocycles. The van der Waals surface area contributed by atoms with Crippen LogP contribution in [-0.2, 0) is 0 Å². The fourth-order valence-corrected chi connectivity index (χ4v) is 2.33. The molecule has 1 aliphatic heterocycles. The molecular formula is C13H23N. The smallest absolute Gasteiger partial charge is 0.0714 e. The molecule has 0 bridgehead atoms. The fraction of sp³-hybridized carbons (Fsp3) is 0.846. The lowest BCUT2D eigenvalue weighted by molar-refractivity contribution is 0.217. The van der Waals surface area contributed by atoms with E-state index in [1.807, 2.05) is 0 Å². The van der Waals surface area contributed by atoms with E-state index in [0.717, 1.165) is 11.8 Å². The van der Waals surface area contributed by atoms with Crippen LogP contribution in [0.2, 0.25) is 0 Å². The Morgan fingerprint density at radius 1 is 1.36 bits per heavy atom. The predicted octanol–water partition coefficient (Wildman–Crippen LogP) is 2.76. The summed E-state index contributed by atoms with van der Waals surface area (Å²) in [5.41, 5.74) is 0. The summed E-state index contributed by atoms with van der Waals surface area (Å²) < 4.78 is 0. The van der Waals surface area contributed by atoms with Crippen LogP contribution in [0.3, 0.4) is 0 Å². The Balaban J connectivity index is 2.70. The predicted molar refractivity (Wildman–Crippen MR) is 62.0 cm³/mol. The second-order valence-electron chi connectivity index (χ2n) is 5.01. The summed E-state index contributed by atoms with van der Waals surface area (Å²) in [5, 5.41) is 0. The maximum atomic E-state index is 5.60. The van der Waals surface area contributed by atoms with Crippen molar-refractivity contribution in [2.75, 3.05) is 7.05 Å². The third-order valence-electron chi connectivity index (χ3n) is 3.80. The van der Waals surface area contributed by atoms with Crippen molar-refractivity contribution < 1.29 is 0 Å². The van der Waals surface area contributed by atoms with Gasteiger partial charge in [0.2, 0.25) is 0 Å². The lowest BCUT2D eigenvalue weighted by Crippen LogP contribution is -2.36. The van der Waals surface area contributed by atoms with Gasteiger partial charge < -0.3 is 0 Å². The molecule has 80 valence electrons. The van der Waals surface area contributed by atoms with Crippen LogP contribution < -0.4 is 0 Å². The van der Waals surface area contributed by atoms with Crippen LogP contribution >= 0.6 is 0 Å². The van der Waals surface area contributed by atoms with Crippen molar-refractivity contribution >= 4 is 0 Å². The van der Waals surface area contributed by atoms with Gasteiger partial charge in [-0.1, -0.05) is 19.8 Å². The van der Waals surface area contributed by atoms with E-state index in [0.29, 0.717) is 12.1 Å². The molecule has 14 heavy (non-hydrogen) atoms. The zero-order valence-corrected chi connectivity index (χ0v) is 9.96. The maximum Gasteiger partial charge on any atom is 0.0714 e. The van der Waals surface area contributed by atoms with Crippen LogP contribution in [0.4, 0.5) is 0 Å². The average molecular weight is 193 g/mol. The Morgan fingerprint density at radius 2 is 2.00 bits per heavy atom. The average Bonchev–Trinajstić information content (AvgIpc) is 2.28. The van der Waals surface area contributed by atoms with Crippen LogP contribution in [0.1, 0.15) is 40.0 Å². The summed E-state index contributed by atoms with van der Waals surface area (Å²) in [5.74, 6) is 4.51. The monoisotopic (exact) mass is 193 g/mol. The highest BCUT2D eigenvalue weighted by atomic mass is 15.2. The molecule has 1 aliphatic rings. The van der Waals surface area contributed by atoms with E-state index in [9.17, 15) is 0 Å². The molecule has 0 amide bonds.